The fourth-order valence-corrected chi connectivity index (χ4v) is 5.47. The Balaban J connectivity index is 1.37. The number of nitrogens with zero attached hydrogens (tertiary/aromatic N) is 4. The third-order valence-corrected chi connectivity index (χ3v) is 7.57. The number of hydrogen-bond acceptors (Lipinski definition) is 8. The normalized spacial score (nSPS) is 19.0. The molecule has 1 aromatic heterocycles. The number of carbonyl (C=O) groups is 1. The fourth-order valence-electron chi connectivity index (χ4n) is 4.95. The molecule has 0 amide bonds. The SMILES string of the molecule is COC(=O)C12Cc3cnn(-c4ccc(F)cc4)c3C=C1CCN(N(C)SOc1cc(F)c(OC)c(F)c1)C2. The molecule has 1 fully saturated rings. The van der Waals surface area contributed by atoms with E-state index in [-0.39, 0.29) is 17.5 Å². The van der Waals surface area contributed by atoms with Crippen LogP contribution in [-0.4, -0.2) is 59.5 Å². The zero-order valence-electron chi connectivity index (χ0n) is 20.9. The van der Waals surface area contributed by atoms with Crippen LogP contribution in [0.1, 0.15) is 17.7 Å². The number of carbonyl (C=O) groups excluding carboxylic acids is 1. The summed E-state index contributed by atoms with van der Waals surface area (Å²) in [6.45, 7) is 0.855. The van der Waals surface area contributed by atoms with Crippen LogP contribution in [0.5, 0.6) is 11.5 Å². The lowest BCUT2D eigenvalue weighted by Gasteiger charge is -2.46. The van der Waals surface area contributed by atoms with E-state index in [1.165, 1.54) is 26.4 Å². The van der Waals surface area contributed by atoms with Crippen molar-refractivity contribution in [3.05, 3.63) is 76.9 Å². The summed E-state index contributed by atoms with van der Waals surface area (Å²) in [5, 5.41) is 6.42. The Bertz CT molecular complexity index is 1370. The second-order valence-electron chi connectivity index (χ2n) is 9.04. The molecule has 1 atom stereocenters. The Hall–Kier alpha value is -3.48. The number of rotatable bonds is 7. The van der Waals surface area contributed by atoms with Crippen molar-refractivity contribution in [1.82, 2.24) is 19.2 Å². The summed E-state index contributed by atoms with van der Waals surface area (Å²) in [6.07, 6.45) is 4.60. The monoisotopic (exact) mass is 546 g/mol. The highest BCUT2D eigenvalue weighted by Crippen LogP contribution is 2.45. The summed E-state index contributed by atoms with van der Waals surface area (Å²) in [6, 6.07) is 8.13. The van der Waals surface area contributed by atoms with Crippen LogP contribution in [0.25, 0.3) is 11.8 Å². The summed E-state index contributed by atoms with van der Waals surface area (Å²) in [4.78, 5) is 13.2. The molecule has 2 aromatic carbocycles. The molecule has 5 rings (SSSR count). The molecule has 1 aliphatic heterocycles. The van der Waals surface area contributed by atoms with E-state index < -0.39 is 22.8 Å². The smallest absolute Gasteiger partial charge is 0.317 e. The highest BCUT2D eigenvalue weighted by molar-refractivity contribution is 7.92. The molecule has 38 heavy (non-hydrogen) atoms. The van der Waals surface area contributed by atoms with E-state index in [1.807, 2.05) is 11.1 Å². The van der Waals surface area contributed by atoms with Crippen molar-refractivity contribution >= 4 is 24.3 Å². The maximum absolute atomic E-state index is 14.0. The Morgan fingerprint density at radius 1 is 1.13 bits per heavy atom. The van der Waals surface area contributed by atoms with Crippen molar-refractivity contribution in [2.75, 3.05) is 34.4 Å². The van der Waals surface area contributed by atoms with Gasteiger partial charge in [-0.3, -0.25) is 4.79 Å². The summed E-state index contributed by atoms with van der Waals surface area (Å²) in [5.41, 5.74) is 2.38. The van der Waals surface area contributed by atoms with Crippen molar-refractivity contribution in [2.24, 2.45) is 5.41 Å². The predicted molar refractivity (Wildman–Crippen MR) is 135 cm³/mol. The number of esters is 1. The van der Waals surface area contributed by atoms with Crippen molar-refractivity contribution < 1.29 is 31.6 Å². The minimum atomic E-state index is -0.955. The van der Waals surface area contributed by atoms with Crippen LogP contribution in [0, 0.1) is 22.9 Å². The Morgan fingerprint density at radius 3 is 2.50 bits per heavy atom. The second kappa shape index (κ2) is 10.4. The first-order valence-corrected chi connectivity index (χ1v) is 12.4. The summed E-state index contributed by atoms with van der Waals surface area (Å²) >= 11 is 0.879. The van der Waals surface area contributed by atoms with E-state index in [1.54, 1.807) is 34.5 Å². The standard InChI is InChI=1S/C26H25F3N4O4S/c1-31(38-37-20-11-21(28)24(35-2)22(29)12-20)32-9-8-17-10-23-16(13-26(17,15-32)25(34)36-3)14-30-33(23)19-6-4-18(27)5-7-19/h4-7,10-12,14H,8-9,13,15H2,1-3H3. The molecule has 200 valence electrons. The average molecular weight is 547 g/mol. The molecular formula is C26H25F3N4O4S. The van der Waals surface area contributed by atoms with Crippen LogP contribution in [0.15, 0.2) is 48.2 Å². The van der Waals surface area contributed by atoms with Gasteiger partial charge in [0.2, 0.25) is 0 Å². The third kappa shape index (κ3) is 4.63. The Morgan fingerprint density at radius 2 is 1.84 bits per heavy atom. The van der Waals surface area contributed by atoms with Gasteiger partial charge in [0, 0.05) is 32.3 Å². The number of halogens is 3. The van der Waals surface area contributed by atoms with Crippen molar-refractivity contribution in [3.63, 3.8) is 0 Å². The lowest BCUT2D eigenvalue weighted by atomic mass is 9.68. The summed E-state index contributed by atoms with van der Waals surface area (Å²) in [5.74, 6) is -2.95. The van der Waals surface area contributed by atoms with Gasteiger partial charge in [-0.05, 0) is 54.3 Å². The van der Waals surface area contributed by atoms with Crippen LogP contribution >= 0.6 is 12.2 Å². The molecule has 1 aliphatic carbocycles. The van der Waals surface area contributed by atoms with Gasteiger partial charge in [-0.25, -0.2) is 22.9 Å². The minimum absolute atomic E-state index is 0.0200. The molecule has 0 radical (unpaired) electrons. The van der Waals surface area contributed by atoms with Gasteiger partial charge in [-0.15, -0.1) is 0 Å². The molecular weight excluding hydrogens is 521 g/mol. The number of benzene rings is 2. The molecule has 3 aromatic rings. The lowest BCUT2D eigenvalue weighted by molar-refractivity contribution is -0.154. The largest absolute Gasteiger partial charge is 0.491 e. The molecule has 0 saturated carbocycles. The first-order valence-electron chi connectivity index (χ1n) is 11.7. The maximum atomic E-state index is 14.0. The van der Waals surface area contributed by atoms with Gasteiger partial charge >= 0.3 is 5.97 Å². The quantitative estimate of drug-likeness (QED) is 0.242. The van der Waals surface area contributed by atoms with Gasteiger partial charge in [-0.1, -0.05) is 0 Å². The van der Waals surface area contributed by atoms with Crippen molar-refractivity contribution in [3.8, 4) is 17.2 Å². The van der Waals surface area contributed by atoms with E-state index in [2.05, 4.69) is 5.10 Å². The molecule has 1 unspecified atom stereocenters. The van der Waals surface area contributed by atoms with Crippen LogP contribution in [0.2, 0.25) is 0 Å². The van der Waals surface area contributed by atoms with E-state index in [0.29, 0.717) is 31.6 Å². The van der Waals surface area contributed by atoms with Crippen LogP contribution < -0.4 is 8.92 Å². The Kier molecular flexibility index (Phi) is 7.12. The summed E-state index contributed by atoms with van der Waals surface area (Å²) in [7, 11) is 4.28. The van der Waals surface area contributed by atoms with E-state index in [0.717, 1.165) is 41.2 Å². The number of piperidine rings is 1. The number of aromatic nitrogens is 2. The van der Waals surface area contributed by atoms with Crippen molar-refractivity contribution in [1.29, 1.82) is 0 Å². The molecule has 8 nitrogen and oxygen atoms in total. The highest BCUT2D eigenvalue weighted by Gasteiger charge is 2.50. The number of fused-ring (bicyclic) bond motifs is 2. The predicted octanol–water partition coefficient (Wildman–Crippen LogP) is 4.59. The van der Waals surface area contributed by atoms with Crippen LogP contribution in [0.3, 0.4) is 0 Å². The summed E-state index contributed by atoms with van der Waals surface area (Å²) < 4.78 is 60.4. The van der Waals surface area contributed by atoms with Gasteiger partial charge in [-0.2, -0.15) is 9.51 Å². The second-order valence-corrected chi connectivity index (χ2v) is 9.89. The first-order chi connectivity index (χ1) is 18.3. The molecule has 0 bridgehead atoms. The van der Waals surface area contributed by atoms with Gasteiger partial charge in [0.15, 0.2) is 29.6 Å². The minimum Gasteiger partial charge on any atom is -0.491 e. The van der Waals surface area contributed by atoms with Gasteiger partial charge in [0.25, 0.3) is 0 Å². The molecule has 12 heteroatoms. The highest BCUT2D eigenvalue weighted by atomic mass is 32.2. The van der Waals surface area contributed by atoms with Crippen LogP contribution in [-0.2, 0) is 16.0 Å². The molecule has 2 heterocycles. The average Bonchev–Trinajstić information content (AvgIpc) is 3.32. The topological polar surface area (TPSA) is 69.1 Å². The lowest BCUT2D eigenvalue weighted by Crippen LogP contribution is -2.55. The fraction of sp³-hybridized carbons (Fsp3) is 0.308. The maximum Gasteiger partial charge on any atom is 0.317 e. The third-order valence-electron chi connectivity index (χ3n) is 6.86. The number of hydrazine groups is 1. The molecule has 0 spiro atoms. The van der Waals surface area contributed by atoms with E-state index in [9.17, 15) is 18.0 Å². The zero-order chi connectivity index (χ0) is 27.0. The zero-order valence-corrected chi connectivity index (χ0v) is 21.7. The molecule has 2 aliphatic rings. The van der Waals surface area contributed by atoms with Crippen molar-refractivity contribution in [2.45, 2.75) is 12.8 Å². The number of ether oxygens (including phenoxy) is 2. The number of methoxy groups -OCH3 is 2. The molecule has 0 N–H and O–H groups in total. The molecule has 1 saturated heterocycles. The van der Waals surface area contributed by atoms with Gasteiger partial charge in [0.1, 0.15) is 17.0 Å². The van der Waals surface area contributed by atoms with Gasteiger partial charge in [0.05, 0.1) is 31.8 Å². The number of hydrogen-bond donors (Lipinski definition) is 0. The van der Waals surface area contributed by atoms with E-state index in [4.69, 9.17) is 13.7 Å². The first kappa shape index (κ1) is 26.1. The van der Waals surface area contributed by atoms with E-state index >= 15 is 0 Å². The Labute approximate surface area is 221 Å². The van der Waals surface area contributed by atoms with Gasteiger partial charge < -0.3 is 13.7 Å². The van der Waals surface area contributed by atoms with Crippen LogP contribution in [0.4, 0.5) is 13.2 Å².